The van der Waals surface area contributed by atoms with E-state index in [1.54, 1.807) is 6.92 Å². The second-order valence-electron chi connectivity index (χ2n) is 7.72. The molecule has 3 N–H and O–H groups in total. The standard InChI is InChI=1S/C19H19F3N6O3S/c1-9(10-5-11(19(20,21)22)7-12(23)6-10)24-17-14-8-15(32(30,31)13-3-4-13)25-26-16(14)18(29)28(2)27-17/h5-9,13H,3-4,23H2,1-2H3,(H,24,27)/t9-/m1/s1. The van der Waals surface area contributed by atoms with Gasteiger partial charge >= 0.3 is 6.18 Å². The van der Waals surface area contributed by atoms with E-state index in [0.29, 0.717) is 12.8 Å². The zero-order chi connectivity index (χ0) is 23.4. The molecule has 0 amide bonds. The van der Waals surface area contributed by atoms with Crippen molar-refractivity contribution in [3.05, 3.63) is 45.7 Å². The van der Waals surface area contributed by atoms with E-state index in [2.05, 4.69) is 20.6 Å². The molecule has 2 heterocycles. The van der Waals surface area contributed by atoms with E-state index in [1.807, 2.05) is 0 Å². The van der Waals surface area contributed by atoms with Crippen molar-refractivity contribution in [1.82, 2.24) is 20.0 Å². The molecule has 0 spiro atoms. The van der Waals surface area contributed by atoms with Gasteiger partial charge in [-0.1, -0.05) is 0 Å². The number of halogens is 3. The highest BCUT2D eigenvalue weighted by Gasteiger charge is 2.38. The Morgan fingerprint density at radius 2 is 1.88 bits per heavy atom. The van der Waals surface area contributed by atoms with Crippen LogP contribution in [0.5, 0.6) is 0 Å². The number of alkyl halides is 3. The molecule has 0 unspecified atom stereocenters. The van der Waals surface area contributed by atoms with E-state index < -0.39 is 38.4 Å². The third-order valence-corrected chi connectivity index (χ3v) is 7.32. The summed E-state index contributed by atoms with van der Waals surface area (Å²) in [7, 11) is -2.31. The highest BCUT2D eigenvalue weighted by molar-refractivity contribution is 7.92. The Morgan fingerprint density at radius 1 is 1.19 bits per heavy atom. The van der Waals surface area contributed by atoms with E-state index in [4.69, 9.17) is 5.73 Å². The molecule has 1 saturated carbocycles. The van der Waals surface area contributed by atoms with Gasteiger partial charge in [0.2, 0.25) is 0 Å². The van der Waals surface area contributed by atoms with Gasteiger partial charge in [0, 0.05) is 12.7 Å². The third kappa shape index (κ3) is 3.99. The molecule has 0 saturated heterocycles. The summed E-state index contributed by atoms with van der Waals surface area (Å²) >= 11 is 0. The Hall–Kier alpha value is -3.22. The summed E-state index contributed by atoms with van der Waals surface area (Å²) in [4.78, 5) is 12.4. The van der Waals surface area contributed by atoms with Crippen LogP contribution in [0.25, 0.3) is 10.9 Å². The molecule has 3 aromatic rings. The molecule has 13 heteroatoms. The van der Waals surface area contributed by atoms with Gasteiger partial charge in [0.25, 0.3) is 5.56 Å². The Balaban J connectivity index is 1.79. The molecule has 1 atom stereocenters. The Kier molecular flexibility index (Phi) is 5.11. The van der Waals surface area contributed by atoms with Crippen LogP contribution in [0.3, 0.4) is 0 Å². The van der Waals surface area contributed by atoms with Crippen LogP contribution in [0, 0.1) is 0 Å². The number of nitrogens with zero attached hydrogens (tertiary/aromatic N) is 4. The molecular formula is C19H19F3N6O3S. The minimum Gasteiger partial charge on any atom is -0.399 e. The molecule has 1 aromatic carbocycles. The largest absolute Gasteiger partial charge is 0.416 e. The fourth-order valence-electron chi connectivity index (χ4n) is 3.29. The van der Waals surface area contributed by atoms with Crippen molar-refractivity contribution in [2.45, 2.75) is 42.3 Å². The van der Waals surface area contributed by atoms with Crippen molar-refractivity contribution < 1.29 is 21.6 Å². The molecule has 1 aliphatic carbocycles. The summed E-state index contributed by atoms with van der Waals surface area (Å²) in [6.45, 7) is 1.59. The Labute approximate surface area is 180 Å². The first-order valence-corrected chi connectivity index (χ1v) is 11.2. The number of hydrogen-bond acceptors (Lipinski definition) is 8. The number of fused-ring (bicyclic) bond motifs is 1. The lowest BCUT2D eigenvalue weighted by molar-refractivity contribution is -0.137. The first kappa shape index (κ1) is 22.0. The molecule has 0 bridgehead atoms. The molecule has 0 aliphatic heterocycles. The average molecular weight is 468 g/mol. The summed E-state index contributed by atoms with van der Waals surface area (Å²) < 4.78 is 65.6. The van der Waals surface area contributed by atoms with Gasteiger partial charge in [0.05, 0.1) is 22.2 Å². The quantitative estimate of drug-likeness (QED) is 0.546. The number of nitrogens with two attached hydrogens (primary N) is 1. The average Bonchev–Trinajstić information content (AvgIpc) is 3.56. The molecule has 4 rings (SSSR count). The number of aryl methyl sites for hydroxylation is 1. The second-order valence-corrected chi connectivity index (χ2v) is 9.89. The van der Waals surface area contributed by atoms with Crippen LogP contribution in [0.2, 0.25) is 0 Å². The maximum absolute atomic E-state index is 13.2. The first-order chi connectivity index (χ1) is 14.9. The van der Waals surface area contributed by atoms with Gasteiger partial charge in [-0.05, 0) is 49.6 Å². The molecular weight excluding hydrogens is 449 g/mol. The van der Waals surface area contributed by atoms with Crippen LogP contribution in [-0.4, -0.2) is 33.6 Å². The molecule has 170 valence electrons. The van der Waals surface area contributed by atoms with Crippen LogP contribution in [0.1, 0.15) is 36.9 Å². The topological polar surface area (TPSA) is 133 Å². The van der Waals surface area contributed by atoms with Crippen LogP contribution in [0.4, 0.5) is 24.7 Å². The molecule has 0 radical (unpaired) electrons. The van der Waals surface area contributed by atoms with Gasteiger partial charge in [-0.3, -0.25) is 4.79 Å². The van der Waals surface area contributed by atoms with Gasteiger partial charge in [0.1, 0.15) is 0 Å². The minimum atomic E-state index is -4.58. The van der Waals surface area contributed by atoms with Crippen LogP contribution in [0.15, 0.2) is 34.1 Å². The molecule has 1 aliphatic rings. The summed E-state index contributed by atoms with van der Waals surface area (Å²) in [6, 6.07) is 3.69. The first-order valence-electron chi connectivity index (χ1n) is 9.61. The van der Waals surface area contributed by atoms with Crippen molar-refractivity contribution in [3.8, 4) is 0 Å². The van der Waals surface area contributed by atoms with Gasteiger partial charge < -0.3 is 11.1 Å². The molecule has 2 aromatic heterocycles. The van der Waals surface area contributed by atoms with Crippen LogP contribution in [-0.2, 0) is 23.1 Å². The predicted octanol–water partition coefficient (Wildman–Crippen LogP) is 2.43. The van der Waals surface area contributed by atoms with Crippen molar-refractivity contribution in [3.63, 3.8) is 0 Å². The van der Waals surface area contributed by atoms with E-state index in [-0.39, 0.29) is 33.0 Å². The van der Waals surface area contributed by atoms with Crippen molar-refractivity contribution >= 4 is 32.2 Å². The smallest absolute Gasteiger partial charge is 0.399 e. The lowest BCUT2D eigenvalue weighted by Gasteiger charge is -2.19. The second kappa shape index (κ2) is 7.43. The highest BCUT2D eigenvalue weighted by atomic mass is 32.2. The predicted molar refractivity (Wildman–Crippen MR) is 111 cm³/mol. The number of aromatic nitrogens is 4. The summed E-state index contributed by atoms with van der Waals surface area (Å²) in [5, 5.41) is 13.9. The fourth-order valence-corrected chi connectivity index (χ4v) is 4.82. The summed E-state index contributed by atoms with van der Waals surface area (Å²) in [6.07, 6.45) is -3.53. The van der Waals surface area contributed by atoms with E-state index in [9.17, 15) is 26.4 Å². The lowest BCUT2D eigenvalue weighted by Crippen LogP contribution is -2.24. The Bertz CT molecular complexity index is 1380. The fraction of sp³-hybridized carbons (Fsp3) is 0.368. The number of nitrogens with one attached hydrogen (secondary N) is 1. The van der Waals surface area contributed by atoms with E-state index in [1.165, 1.54) is 19.2 Å². The SMILES string of the molecule is C[C@@H](Nc1nn(C)c(=O)c2nnc(S(=O)(=O)C3CC3)cc12)c1cc(N)cc(C(F)(F)F)c1. The van der Waals surface area contributed by atoms with Gasteiger partial charge in [-0.25, -0.2) is 13.1 Å². The lowest BCUT2D eigenvalue weighted by atomic mass is 10.0. The van der Waals surface area contributed by atoms with Crippen molar-refractivity contribution in [1.29, 1.82) is 0 Å². The van der Waals surface area contributed by atoms with Crippen molar-refractivity contribution in [2.24, 2.45) is 7.05 Å². The monoisotopic (exact) mass is 468 g/mol. The molecule has 9 nitrogen and oxygen atoms in total. The summed E-state index contributed by atoms with van der Waals surface area (Å²) in [5.41, 5.74) is 4.21. The van der Waals surface area contributed by atoms with Crippen molar-refractivity contribution in [2.75, 3.05) is 11.1 Å². The Morgan fingerprint density at radius 3 is 2.50 bits per heavy atom. The maximum Gasteiger partial charge on any atom is 0.416 e. The van der Waals surface area contributed by atoms with Gasteiger partial charge in [0.15, 0.2) is 26.2 Å². The normalized spacial score (nSPS) is 15.7. The maximum atomic E-state index is 13.2. The van der Waals surface area contributed by atoms with E-state index in [0.717, 1.165) is 16.8 Å². The van der Waals surface area contributed by atoms with Gasteiger partial charge in [-0.2, -0.15) is 18.3 Å². The number of benzene rings is 1. The van der Waals surface area contributed by atoms with E-state index >= 15 is 0 Å². The number of rotatable bonds is 5. The zero-order valence-corrected chi connectivity index (χ0v) is 17.8. The van der Waals surface area contributed by atoms with Gasteiger partial charge in [-0.15, -0.1) is 10.2 Å². The number of anilines is 2. The number of nitrogen functional groups attached to an aromatic ring is 1. The number of sulfone groups is 1. The third-order valence-electron chi connectivity index (χ3n) is 5.19. The van der Waals surface area contributed by atoms with Crippen LogP contribution >= 0.6 is 0 Å². The van der Waals surface area contributed by atoms with Crippen LogP contribution < -0.4 is 16.6 Å². The number of hydrogen-bond donors (Lipinski definition) is 2. The summed E-state index contributed by atoms with van der Waals surface area (Å²) in [5.74, 6) is 0.0766. The molecule has 32 heavy (non-hydrogen) atoms. The molecule has 1 fully saturated rings. The highest BCUT2D eigenvalue weighted by Crippen LogP contribution is 2.35. The zero-order valence-electron chi connectivity index (χ0n) is 17.0. The minimum absolute atomic E-state index is 0.0644.